The van der Waals surface area contributed by atoms with Gasteiger partial charge in [0.2, 0.25) is 5.78 Å². The fourth-order valence-corrected chi connectivity index (χ4v) is 4.27. The molecule has 3 rings (SSSR count). The van der Waals surface area contributed by atoms with E-state index < -0.39 is 6.10 Å². The Balaban J connectivity index is 2.12. The van der Waals surface area contributed by atoms with Gasteiger partial charge in [-0.15, -0.1) is 22.7 Å². The van der Waals surface area contributed by atoms with Gasteiger partial charge in [-0.25, -0.2) is 0 Å². The van der Waals surface area contributed by atoms with E-state index in [4.69, 9.17) is 28.9 Å². The number of pyridine rings is 1. The number of nitrogens with zero attached hydrogens (tertiary/aromatic N) is 1. The van der Waals surface area contributed by atoms with Gasteiger partial charge in [0.15, 0.2) is 0 Å². The molecular weight excluding hydrogens is 399 g/mol. The number of rotatable bonds is 5. The summed E-state index contributed by atoms with van der Waals surface area (Å²) in [4.78, 5) is 18.0. The van der Waals surface area contributed by atoms with E-state index in [-0.39, 0.29) is 17.1 Å². The summed E-state index contributed by atoms with van der Waals surface area (Å²) in [5, 5.41) is 10.8. The molecule has 0 spiro atoms. The molecule has 0 saturated carbocycles. The molecule has 0 aliphatic heterocycles. The minimum absolute atomic E-state index is 0.0741. The predicted molar refractivity (Wildman–Crippen MR) is 103 cm³/mol. The zero-order valence-electron chi connectivity index (χ0n) is 12.6. The zero-order valence-corrected chi connectivity index (χ0v) is 15.8. The van der Waals surface area contributed by atoms with Crippen molar-refractivity contribution in [2.24, 2.45) is 5.73 Å². The lowest BCUT2D eigenvalue weighted by Crippen LogP contribution is -2.16. The molecule has 0 fully saturated rings. The van der Waals surface area contributed by atoms with E-state index in [9.17, 15) is 9.90 Å². The molecule has 0 radical (unpaired) electrons. The van der Waals surface area contributed by atoms with Crippen LogP contribution in [0.3, 0.4) is 0 Å². The predicted octanol–water partition coefficient (Wildman–Crippen LogP) is 4.80. The first-order valence-corrected chi connectivity index (χ1v) is 9.49. The van der Waals surface area contributed by atoms with Crippen LogP contribution in [0, 0.1) is 0 Å². The van der Waals surface area contributed by atoms with Gasteiger partial charge in [-0.3, -0.25) is 9.78 Å². The summed E-state index contributed by atoms with van der Waals surface area (Å²) >= 11 is 14.3. The number of carbonyl (C=O) groups is 1. The van der Waals surface area contributed by atoms with Gasteiger partial charge >= 0.3 is 0 Å². The summed E-state index contributed by atoms with van der Waals surface area (Å²) < 4.78 is 1.02. The van der Waals surface area contributed by atoms with E-state index in [0.29, 0.717) is 24.0 Å². The smallest absolute Gasteiger partial charge is 0.204 e. The van der Waals surface area contributed by atoms with Crippen molar-refractivity contribution in [3.8, 4) is 0 Å². The molecule has 0 aliphatic rings. The highest BCUT2D eigenvalue weighted by Gasteiger charge is 2.27. The van der Waals surface area contributed by atoms with E-state index in [1.54, 1.807) is 42.6 Å². The number of Topliss-reactive ketones (excluding diaryl/α,β-unsaturated/α-hetero) is 1. The maximum absolute atomic E-state index is 13.0. The van der Waals surface area contributed by atoms with Crippen molar-refractivity contribution in [3.63, 3.8) is 0 Å². The van der Waals surface area contributed by atoms with Gasteiger partial charge < -0.3 is 10.8 Å². The molecule has 25 heavy (non-hydrogen) atoms. The third-order valence-corrected chi connectivity index (χ3v) is 5.94. The van der Waals surface area contributed by atoms with Crippen molar-refractivity contribution in [2.75, 3.05) is 0 Å². The molecule has 0 amide bonds. The summed E-state index contributed by atoms with van der Waals surface area (Å²) in [5.41, 5.74) is 6.97. The Hall–Kier alpha value is -1.70. The number of halogens is 2. The summed E-state index contributed by atoms with van der Waals surface area (Å²) in [6.07, 6.45) is 1.86. The van der Waals surface area contributed by atoms with Crippen LogP contribution in [0.4, 0.5) is 0 Å². The molecule has 0 saturated heterocycles. The highest BCUT2D eigenvalue weighted by molar-refractivity contribution is 7.18. The van der Waals surface area contributed by atoms with Crippen molar-refractivity contribution in [3.05, 3.63) is 78.4 Å². The summed E-state index contributed by atoms with van der Waals surface area (Å²) in [6.45, 7) is 0. The molecule has 3 N–H and O–H groups in total. The van der Waals surface area contributed by atoms with Gasteiger partial charge in [0.25, 0.3) is 0 Å². The van der Waals surface area contributed by atoms with Gasteiger partial charge in [0.05, 0.1) is 29.7 Å². The Morgan fingerprint density at radius 1 is 1.08 bits per heavy atom. The Labute approximate surface area is 162 Å². The molecule has 0 bridgehead atoms. The number of hydrogen-bond acceptors (Lipinski definition) is 6. The number of aliphatic hydroxyl groups is 1. The normalized spacial score (nSPS) is 13.4. The van der Waals surface area contributed by atoms with Crippen LogP contribution >= 0.6 is 45.9 Å². The summed E-state index contributed by atoms with van der Waals surface area (Å²) in [6, 6.07) is 10.0. The van der Waals surface area contributed by atoms with Gasteiger partial charge in [-0.2, -0.15) is 0 Å². The van der Waals surface area contributed by atoms with E-state index in [2.05, 4.69) is 4.98 Å². The highest BCUT2D eigenvalue weighted by atomic mass is 35.5. The number of aliphatic hydroxyl groups excluding tert-OH is 1. The Bertz CT molecular complexity index is 935. The maximum Gasteiger partial charge on any atom is 0.204 e. The number of nitrogens with two attached hydrogens (primary N) is 1. The Morgan fingerprint density at radius 3 is 2.24 bits per heavy atom. The lowest BCUT2D eigenvalue weighted by atomic mass is 9.96. The van der Waals surface area contributed by atoms with Crippen molar-refractivity contribution < 1.29 is 9.90 Å². The van der Waals surface area contributed by atoms with Gasteiger partial charge in [0.1, 0.15) is 6.10 Å². The van der Waals surface area contributed by atoms with Crippen molar-refractivity contribution in [1.29, 1.82) is 0 Å². The molecule has 3 heterocycles. The average Bonchev–Trinajstić information content (AvgIpc) is 3.24. The number of carbonyl (C=O) groups excluding carboxylic acids is 1. The molecule has 4 nitrogen and oxygen atoms in total. The van der Waals surface area contributed by atoms with E-state index >= 15 is 0 Å². The molecule has 128 valence electrons. The second-order valence-corrected chi connectivity index (χ2v) is 8.48. The van der Waals surface area contributed by atoms with Crippen LogP contribution in [-0.4, -0.2) is 15.9 Å². The zero-order chi connectivity index (χ0) is 18.0. The van der Waals surface area contributed by atoms with Crippen LogP contribution in [0.2, 0.25) is 8.67 Å². The molecule has 0 aromatic carbocycles. The van der Waals surface area contributed by atoms with Crippen molar-refractivity contribution in [2.45, 2.75) is 6.10 Å². The van der Waals surface area contributed by atoms with Gasteiger partial charge in [-0.1, -0.05) is 29.3 Å². The minimum atomic E-state index is -1.22. The molecule has 3 aromatic rings. The first kappa shape index (κ1) is 18.1. The van der Waals surface area contributed by atoms with Crippen LogP contribution < -0.4 is 5.73 Å². The largest absolute Gasteiger partial charge is 0.397 e. The molecule has 1 atom stereocenters. The number of ketones is 1. The van der Waals surface area contributed by atoms with Crippen LogP contribution in [0.5, 0.6) is 0 Å². The van der Waals surface area contributed by atoms with Crippen LogP contribution in [0.25, 0.3) is 5.70 Å². The van der Waals surface area contributed by atoms with Crippen LogP contribution in [-0.2, 0) is 0 Å². The third-order valence-electron chi connectivity index (χ3n) is 3.44. The molecular formula is C17H12Cl2N2O2S2. The molecule has 0 aliphatic carbocycles. The topological polar surface area (TPSA) is 76.2 Å². The third kappa shape index (κ3) is 3.94. The van der Waals surface area contributed by atoms with E-state index in [1.807, 2.05) is 0 Å². The fraction of sp³-hybridized carbons (Fsp3) is 0.0588. The Morgan fingerprint density at radius 2 is 1.72 bits per heavy atom. The van der Waals surface area contributed by atoms with Crippen LogP contribution in [0.15, 0.2) is 54.4 Å². The number of thiophene rings is 2. The van der Waals surface area contributed by atoms with E-state index in [0.717, 1.165) is 11.3 Å². The first-order chi connectivity index (χ1) is 12.0. The second kappa shape index (κ2) is 7.68. The SMILES string of the molecule is NC(=C(C(=O)c1ccc(Cl)s1)C(O)c1cccnc1)c1ccc(Cl)s1. The quantitative estimate of drug-likeness (QED) is 0.467. The second-order valence-electron chi connectivity index (χ2n) is 5.05. The fourth-order valence-electron chi connectivity index (χ4n) is 2.26. The van der Waals surface area contributed by atoms with Crippen LogP contribution in [0.1, 0.15) is 26.2 Å². The monoisotopic (exact) mass is 410 g/mol. The van der Waals surface area contributed by atoms with Crippen molar-refractivity contribution in [1.82, 2.24) is 4.98 Å². The summed E-state index contributed by atoms with van der Waals surface area (Å²) in [7, 11) is 0. The average molecular weight is 411 g/mol. The lowest BCUT2D eigenvalue weighted by molar-refractivity contribution is 0.0992. The Kier molecular flexibility index (Phi) is 5.56. The lowest BCUT2D eigenvalue weighted by Gasteiger charge is -2.16. The number of aromatic nitrogens is 1. The van der Waals surface area contributed by atoms with E-state index in [1.165, 1.54) is 17.5 Å². The van der Waals surface area contributed by atoms with Gasteiger partial charge in [0, 0.05) is 18.0 Å². The minimum Gasteiger partial charge on any atom is -0.397 e. The molecule has 8 heteroatoms. The molecule has 3 aromatic heterocycles. The highest BCUT2D eigenvalue weighted by Crippen LogP contribution is 2.35. The standard InChI is InChI=1S/C17H12Cl2N2O2S2/c18-12-5-3-10(24-12)15(20)14(16(22)9-2-1-7-21-8-9)17(23)11-4-6-13(19)25-11/h1-8,16,22H,20H2. The molecule has 1 unspecified atom stereocenters. The van der Waals surface area contributed by atoms with Crippen molar-refractivity contribution >= 4 is 57.4 Å². The summed E-state index contributed by atoms with van der Waals surface area (Å²) in [5.74, 6) is -0.379. The first-order valence-electron chi connectivity index (χ1n) is 7.10. The van der Waals surface area contributed by atoms with Gasteiger partial charge in [-0.05, 0) is 30.3 Å². The number of hydrogen-bond donors (Lipinski definition) is 2. The maximum atomic E-state index is 13.0.